The van der Waals surface area contributed by atoms with Crippen molar-refractivity contribution in [2.24, 2.45) is 0 Å². The van der Waals surface area contributed by atoms with E-state index in [-0.39, 0.29) is 0 Å². The van der Waals surface area contributed by atoms with E-state index in [2.05, 4.69) is 21.5 Å². The second kappa shape index (κ2) is 7.14. The summed E-state index contributed by atoms with van der Waals surface area (Å²) in [7, 11) is 0. The minimum Gasteiger partial charge on any atom is -0.439 e. The monoisotopic (exact) mass is 289 g/mol. The number of nitrogens with one attached hydrogen (secondary N) is 1. The molecule has 0 saturated carbocycles. The molecule has 0 fully saturated rings. The van der Waals surface area contributed by atoms with Crippen LogP contribution < -0.4 is 10.1 Å². The van der Waals surface area contributed by atoms with Crippen LogP contribution >= 0.6 is 11.8 Å². The number of hydrogen-bond donors (Lipinski definition) is 1. The van der Waals surface area contributed by atoms with E-state index in [9.17, 15) is 0 Å². The van der Waals surface area contributed by atoms with Crippen molar-refractivity contribution in [3.05, 3.63) is 36.2 Å². The van der Waals surface area contributed by atoms with Gasteiger partial charge in [-0.15, -0.1) is 11.8 Å². The second-order valence-corrected chi connectivity index (χ2v) is 5.05. The first kappa shape index (κ1) is 14.7. The van der Waals surface area contributed by atoms with E-state index in [1.165, 1.54) is 4.90 Å². The zero-order valence-corrected chi connectivity index (χ0v) is 12.8. The van der Waals surface area contributed by atoms with Gasteiger partial charge in [0.2, 0.25) is 5.88 Å². The Labute approximate surface area is 124 Å². The molecule has 0 radical (unpaired) electrons. The normalized spacial score (nSPS) is 10.3. The highest BCUT2D eigenvalue weighted by Crippen LogP contribution is 2.24. The summed E-state index contributed by atoms with van der Waals surface area (Å²) in [6, 6.07) is 9.80. The number of benzene rings is 1. The van der Waals surface area contributed by atoms with Crippen LogP contribution in [-0.4, -0.2) is 22.8 Å². The maximum absolute atomic E-state index is 5.81. The number of aromatic nitrogens is 2. The van der Waals surface area contributed by atoms with Crippen molar-refractivity contribution >= 4 is 17.6 Å². The first-order chi connectivity index (χ1) is 9.75. The number of anilines is 1. The second-order valence-electron chi connectivity index (χ2n) is 4.17. The van der Waals surface area contributed by atoms with Crippen LogP contribution in [0, 0.1) is 0 Å². The highest BCUT2D eigenvalue weighted by molar-refractivity contribution is 7.98. The predicted octanol–water partition coefficient (Wildman–Crippen LogP) is 3.99. The Morgan fingerprint density at radius 1 is 1.15 bits per heavy atom. The molecule has 0 aliphatic heterocycles. The van der Waals surface area contributed by atoms with Gasteiger partial charge < -0.3 is 10.1 Å². The third-order valence-corrected chi connectivity index (χ3v) is 3.45. The van der Waals surface area contributed by atoms with E-state index in [1.807, 2.05) is 44.2 Å². The van der Waals surface area contributed by atoms with Crippen molar-refractivity contribution < 1.29 is 4.74 Å². The maximum atomic E-state index is 5.81. The molecule has 5 heteroatoms. The van der Waals surface area contributed by atoms with Crippen molar-refractivity contribution in [3.8, 4) is 11.6 Å². The predicted molar refractivity (Wildman–Crippen MR) is 83.9 cm³/mol. The van der Waals surface area contributed by atoms with Crippen molar-refractivity contribution in [2.75, 3.05) is 18.1 Å². The number of hydrogen-bond acceptors (Lipinski definition) is 5. The van der Waals surface area contributed by atoms with Gasteiger partial charge in [0.1, 0.15) is 17.4 Å². The summed E-state index contributed by atoms with van der Waals surface area (Å²) in [6.07, 6.45) is 2.83. The highest BCUT2D eigenvalue weighted by atomic mass is 32.2. The number of ether oxygens (including phenoxy) is 1. The summed E-state index contributed by atoms with van der Waals surface area (Å²) in [5.41, 5.74) is 0. The Morgan fingerprint density at radius 3 is 2.50 bits per heavy atom. The SMILES string of the molecule is CCNc1cc(Oc2ccc(SC)cc2)nc(CC)n1. The molecule has 1 aromatic heterocycles. The van der Waals surface area contributed by atoms with Crippen LogP contribution in [0.25, 0.3) is 0 Å². The fraction of sp³-hybridized carbons (Fsp3) is 0.333. The Bertz CT molecular complexity index is 558. The fourth-order valence-electron chi connectivity index (χ4n) is 1.72. The molecule has 0 atom stereocenters. The zero-order valence-electron chi connectivity index (χ0n) is 12.0. The van der Waals surface area contributed by atoms with Crippen LogP contribution in [0.1, 0.15) is 19.7 Å². The van der Waals surface area contributed by atoms with E-state index in [4.69, 9.17) is 4.74 Å². The highest BCUT2D eigenvalue weighted by Gasteiger charge is 2.05. The molecule has 1 aromatic carbocycles. The molecule has 0 bridgehead atoms. The first-order valence-electron chi connectivity index (χ1n) is 6.69. The third-order valence-electron chi connectivity index (χ3n) is 2.70. The molecule has 2 aromatic rings. The standard InChI is InChI=1S/C15H19N3OS/c1-4-13-17-14(16-5-2)10-15(18-13)19-11-6-8-12(20-3)9-7-11/h6-10H,4-5H2,1-3H3,(H,16,17,18). The first-order valence-corrected chi connectivity index (χ1v) is 7.91. The summed E-state index contributed by atoms with van der Waals surface area (Å²) in [5.74, 6) is 2.94. The molecule has 106 valence electrons. The summed E-state index contributed by atoms with van der Waals surface area (Å²) in [5, 5.41) is 3.19. The van der Waals surface area contributed by atoms with Gasteiger partial charge in [-0.1, -0.05) is 6.92 Å². The number of rotatable bonds is 6. The maximum Gasteiger partial charge on any atom is 0.224 e. The van der Waals surface area contributed by atoms with E-state index in [1.54, 1.807) is 11.8 Å². The largest absolute Gasteiger partial charge is 0.439 e. The molecule has 0 aliphatic carbocycles. The average molecular weight is 289 g/mol. The number of thioether (sulfide) groups is 1. The van der Waals surface area contributed by atoms with Gasteiger partial charge in [-0.25, -0.2) is 4.98 Å². The Kier molecular flexibility index (Phi) is 5.24. The van der Waals surface area contributed by atoms with Crippen LogP contribution in [0.15, 0.2) is 35.2 Å². The molecule has 0 spiro atoms. The van der Waals surface area contributed by atoms with Gasteiger partial charge in [0, 0.05) is 23.9 Å². The lowest BCUT2D eigenvalue weighted by Gasteiger charge is -2.09. The Morgan fingerprint density at radius 2 is 1.90 bits per heavy atom. The van der Waals surface area contributed by atoms with Crippen LogP contribution in [0.2, 0.25) is 0 Å². The van der Waals surface area contributed by atoms with Crippen molar-refractivity contribution in [1.29, 1.82) is 0 Å². The molecule has 0 saturated heterocycles. The summed E-state index contributed by atoms with van der Waals surface area (Å²) in [6.45, 7) is 4.89. The number of aryl methyl sites for hydroxylation is 1. The van der Waals surface area contributed by atoms with Crippen molar-refractivity contribution in [2.45, 2.75) is 25.2 Å². The molecule has 1 N–H and O–H groups in total. The fourth-order valence-corrected chi connectivity index (χ4v) is 2.13. The van der Waals surface area contributed by atoms with Crippen LogP contribution in [0.3, 0.4) is 0 Å². The van der Waals surface area contributed by atoms with E-state index in [0.29, 0.717) is 5.88 Å². The van der Waals surface area contributed by atoms with Crippen LogP contribution in [0.4, 0.5) is 5.82 Å². The lowest BCUT2D eigenvalue weighted by molar-refractivity contribution is 0.459. The van der Waals surface area contributed by atoms with E-state index < -0.39 is 0 Å². The van der Waals surface area contributed by atoms with Gasteiger partial charge in [0.05, 0.1) is 0 Å². The van der Waals surface area contributed by atoms with Crippen LogP contribution in [0.5, 0.6) is 11.6 Å². The van der Waals surface area contributed by atoms with Crippen LogP contribution in [-0.2, 0) is 6.42 Å². The lowest BCUT2D eigenvalue weighted by Crippen LogP contribution is -2.04. The van der Waals surface area contributed by atoms with Crippen molar-refractivity contribution in [1.82, 2.24) is 9.97 Å². The molecule has 1 heterocycles. The molecule has 20 heavy (non-hydrogen) atoms. The molecule has 4 nitrogen and oxygen atoms in total. The molecule has 0 amide bonds. The van der Waals surface area contributed by atoms with Gasteiger partial charge in [-0.05, 0) is 37.4 Å². The van der Waals surface area contributed by atoms with Gasteiger partial charge in [-0.3, -0.25) is 0 Å². The smallest absolute Gasteiger partial charge is 0.224 e. The molecule has 0 unspecified atom stereocenters. The van der Waals surface area contributed by atoms with Gasteiger partial charge in [0.25, 0.3) is 0 Å². The van der Waals surface area contributed by atoms with E-state index >= 15 is 0 Å². The topological polar surface area (TPSA) is 47.0 Å². The molecule has 0 aliphatic rings. The summed E-state index contributed by atoms with van der Waals surface area (Å²) >= 11 is 1.71. The Hall–Kier alpha value is -1.75. The number of nitrogens with zero attached hydrogens (tertiary/aromatic N) is 2. The lowest BCUT2D eigenvalue weighted by atomic mass is 10.3. The third kappa shape index (κ3) is 3.87. The van der Waals surface area contributed by atoms with E-state index in [0.717, 1.165) is 30.4 Å². The molecule has 2 rings (SSSR count). The van der Waals surface area contributed by atoms with Gasteiger partial charge in [0.15, 0.2) is 0 Å². The minimum absolute atomic E-state index is 0.574. The van der Waals surface area contributed by atoms with Gasteiger partial charge >= 0.3 is 0 Å². The molecular formula is C15H19N3OS. The zero-order chi connectivity index (χ0) is 14.4. The van der Waals surface area contributed by atoms with Gasteiger partial charge in [-0.2, -0.15) is 4.98 Å². The molecular weight excluding hydrogens is 270 g/mol. The minimum atomic E-state index is 0.574. The summed E-state index contributed by atoms with van der Waals surface area (Å²) in [4.78, 5) is 10.0. The quantitative estimate of drug-likeness (QED) is 0.815. The summed E-state index contributed by atoms with van der Waals surface area (Å²) < 4.78 is 5.81. The Balaban J connectivity index is 2.20. The van der Waals surface area contributed by atoms with Crippen molar-refractivity contribution in [3.63, 3.8) is 0 Å². The average Bonchev–Trinajstić information content (AvgIpc) is 2.48.